The van der Waals surface area contributed by atoms with Gasteiger partial charge in [0.1, 0.15) is 11.2 Å². The maximum Gasteiger partial charge on any atom is 0.343 e. The molecule has 0 saturated heterocycles. The molecule has 0 aromatic carbocycles. The highest BCUT2D eigenvalue weighted by Gasteiger charge is 2.18. The van der Waals surface area contributed by atoms with E-state index >= 15 is 0 Å². The number of aromatic nitrogens is 2. The summed E-state index contributed by atoms with van der Waals surface area (Å²) in [6, 6.07) is 3.14. The van der Waals surface area contributed by atoms with Crippen molar-refractivity contribution in [2.75, 3.05) is 13.7 Å². The van der Waals surface area contributed by atoms with Crippen LogP contribution in [0.1, 0.15) is 23.0 Å². The van der Waals surface area contributed by atoms with Gasteiger partial charge in [-0.2, -0.15) is 4.98 Å². The number of rotatable bonds is 3. The lowest BCUT2D eigenvalue weighted by Crippen LogP contribution is -2.21. The average molecular weight is 262 g/mol. The van der Waals surface area contributed by atoms with Crippen LogP contribution in [0.4, 0.5) is 0 Å². The number of carbonyl (C=O) groups is 1. The quantitative estimate of drug-likeness (QED) is 0.846. The van der Waals surface area contributed by atoms with Crippen molar-refractivity contribution in [2.45, 2.75) is 13.8 Å². The number of carbonyl (C=O) groups excluding carboxylic acids is 1. The molecule has 0 fully saturated rings. The van der Waals surface area contributed by atoms with Crippen LogP contribution in [0.2, 0.25) is 0 Å². The van der Waals surface area contributed by atoms with Crippen LogP contribution in [0, 0.1) is 6.92 Å². The van der Waals surface area contributed by atoms with Crippen molar-refractivity contribution < 1.29 is 14.3 Å². The smallest absolute Gasteiger partial charge is 0.343 e. The van der Waals surface area contributed by atoms with Crippen LogP contribution < -0.4 is 10.2 Å². The Labute approximate surface area is 109 Å². The molecule has 0 saturated carbocycles. The van der Waals surface area contributed by atoms with Gasteiger partial charge in [-0.3, -0.25) is 4.79 Å². The fourth-order valence-electron chi connectivity index (χ4n) is 1.83. The summed E-state index contributed by atoms with van der Waals surface area (Å²) < 4.78 is 9.87. The second-order valence-electron chi connectivity index (χ2n) is 3.92. The monoisotopic (exact) mass is 262 g/mol. The van der Waals surface area contributed by atoms with Gasteiger partial charge in [-0.05, 0) is 19.9 Å². The van der Waals surface area contributed by atoms with Crippen LogP contribution in [0.5, 0.6) is 5.88 Å². The zero-order valence-corrected chi connectivity index (χ0v) is 10.9. The maximum atomic E-state index is 12.3. The van der Waals surface area contributed by atoms with E-state index in [9.17, 15) is 9.59 Å². The first-order valence-electron chi connectivity index (χ1n) is 5.83. The molecule has 2 rings (SSSR count). The highest BCUT2D eigenvalue weighted by atomic mass is 16.5. The summed E-state index contributed by atoms with van der Waals surface area (Å²) in [6.45, 7) is 3.54. The molecular weight excluding hydrogens is 248 g/mol. The first kappa shape index (κ1) is 13.1. The SMILES string of the molecule is CCOC(=O)c1c(C)[nH]c2nc(OC)ccc2c1=O. The van der Waals surface area contributed by atoms with E-state index in [4.69, 9.17) is 9.47 Å². The minimum absolute atomic E-state index is 0.0151. The number of H-pyrrole nitrogens is 1. The molecule has 2 aromatic rings. The van der Waals surface area contributed by atoms with E-state index in [0.717, 1.165) is 0 Å². The molecule has 0 aliphatic rings. The van der Waals surface area contributed by atoms with Crippen LogP contribution in [-0.4, -0.2) is 29.7 Å². The third-order valence-corrected chi connectivity index (χ3v) is 2.71. The number of nitrogens with one attached hydrogen (secondary N) is 1. The predicted molar refractivity (Wildman–Crippen MR) is 69.6 cm³/mol. The minimum Gasteiger partial charge on any atom is -0.481 e. The molecule has 6 nitrogen and oxygen atoms in total. The highest BCUT2D eigenvalue weighted by molar-refractivity contribution is 5.94. The number of ether oxygens (including phenoxy) is 2. The van der Waals surface area contributed by atoms with Gasteiger partial charge in [-0.1, -0.05) is 0 Å². The molecule has 6 heteroatoms. The Morgan fingerprint density at radius 1 is 1.42 bits per heavy atom. The molecule has 0 radical (unpaired) electrons. The molecule has 2 heterocycles. The zero-order chi connectivity index (χ0) is 14.0. The molecule has 19 heavy (non-hydrogen) atoms. The molecule has 0 amide bonds. The van der Waals surface area contributed by atoms with Crippen LogP contribution >= 0.6 is 0 Å². The van der Waals surface area contributed by atoms with Crippen LogP contribution in [0.3, 0.4) is 0 Å². The van der Waals surface area contributed by atoms with Crippen molar-refractivity contribution >= 4 is 17.0 Å². The number of esters is 1. The van der Waals surface area contributed by atoms with Crippen LogP contribution in [-0.2, 0) is 4.74 Å². The topological polar surface area (TPSA) is 81.3 Å². The van der Waals surface area contributed by atoms with Gasteiger partial charge in [0.15, 0.2) is 0 Å². The number of methoxy groups -OCH3 is 1. The molecule has 2 aromatic heterocycles. The van der Waals surface area contributed by atoms with Gasteiger partial charge in [-0.25, -0.2) is 4.79 Å². The van der Waals surface area contributed by atoms with E-state index in [-0.39, 0.29) is 17.6 Å². The largest absolute Gasteiger partial charge is 0.481 e. The zero-order valence-electron chi connectivity index (χ0n) is 10.9. The lowest BCUT2D eigenvalue weighted by atomic mass is 10.1. The van der Waals surface area contributed by atoms with Gasteiger partial charge in [0.05, 0.1) is 19.1 Å². The molecule has 0 bridgehead atoms. The van der Waals surface area contributed by atoms with Gasteiger partial charge < -0.3 is 14.5 Å². The summed E-state index contributed by atoms with van der Waals surface area (Å²) in [5.41, 5.74) is 0.438. The molecule has 100 valence electrons. The number of hydrogen-bond donors (Lipinski definition) is 1. The van der Waals surface area contributed by atoms with Crippen molar-refractivity contribution in [3.8, 4) is 5.88 Å². The van der Waals surface area contributed by atoms with E-state index in [0.29, 0.717) is 22.6 Å². The summed E-state index contributed by atoms with van der Waals surface area (Å²) in [5, 5.41) is 0.328. The summed E-state index contributed by atoms with van der Waals surface area (Å²) >= 11 is 0. The highest BCUT2D eigenvalue weighted by Crippen LogP contribution is 2.14. The molecule has 0 aliphatic heterocycles. The van der Waals surface area contributed by atoms with Crippen LogP contribution in [0.15, 0.2) is 16.9 Å². The average Bonchev–Trinajstić information content (AvgIpc) is 2.38. The second-order valence-corrected chi connectivity index (χ2v) is 3.92. The Balaban J connectivity index is 2.69. The Morgan fingerprint density at radius 3 is 2.79 bits per heavy atom. The van der Waals surface area contributed by atoms with Crippen molar-refractivity contribution in [3.05, 3.63) is 33.6 Å². The van der Waals surface area contributed by atoms with Gasteiger partial charge in [-0.15, -0.1) is 0 Å². The number of pyridine rings is 2. The fraction of sp³-hybridized carbons (Fsp3) is 0.308. The lowest BCUT2D eigenvalue weighted by Gasteiger charge is -2.07. The van der Waals surface area contributed by atoms with Crippen LogP contribution in [0.25, 0.3) is 11.0 Å². The second kappa shape index (κ2) is 5.09. The lowest BCUT2D eigenvalue weighted by molar-refractivity contribution is 0.0524. The summed E-state index contributed by atoms with van der Waals surface area (Å²) in [4.78, 5) is 31.1. The van der Waals surface area contributed by atoms with Crippen molar-refractivity contribution in [3.63, 3.8) is 0 Å². The third-order valence-electron chi connectivity index (χ3n) is 2.71. The number of hydrogen-bond acceptors (Lipinski definition) is 5. The summed E-state index contributed by atoms with van der Waals surface area (Å²) in [6.07, 6.45) is 0. The molecule has 0 atom stereocenters. The Morgan fingerprint density at radius 2 is 2.16 bits per heavy atom. The molecule has 0 unspecified atom stereocenters. The van der Waals surface area contributed by atoms with E-state index in [2.05, 4.69) is 9.97 Å². The standard InChI is InChI=1S/C13H14N2O4/c1-4-19-13(17)10-7(2)14-12-8(11(10)16)5-6-9(15-12)18-3/h5-6H,4H2,1-3H3,(H,14,15,16). The van der Waals surface area contributed by atoms with E-state index < -0.39 is 5.97 Å². The molecule has 0 aliphatic carbocycles. The third kappa shape index (κ3) is 2.29. The Hall–Kier alpha value is -2.37. The van der Waals surface area contributed by atoms with E-state index in [1.165, 1.54) is 7.11 Å². The number of fused-ring (bicyclic) bond motifs is 1. The van der Waals surface area contributed by atoms with Crippen molar-refractivity contribution in [1.29, 1.82) is 0 Å². The molecule has 1 N–H and O–H groups in total. The number of nitrogens with zero attached hydrogens (tertiary/aromatic N) is 1. The predicted octanol–water partition coefficient (Wildman–Crippen LogP) is 1.42. The first-order chi connectivity index (χ1) is 9.08. The first-order valence-corrected chi connectivity index (χ1v) is 5.83. The summed E-state index contributed by atoms with van der Waals surface area (Å²) in [7, 11) is 1.49. The molecule has 0 spiro atoms. The Kier molecular flexibility index (Phi) is 3.50. The van der Waals surface area contributed by atoms with E-state index in [1.54, 1.807) is 26.0 Å². The number of aryl methyl sites for hydroxylation is 1. The van der Waals surface area contributed by atoms with Gasteiger partial charge >= 0.3 is 5.97 Å². The number of aromatic amines is 1. The molecular formula is C13H14N2O4. The van der Waals surface area contributed by atoms with Crippen molar-refractivity contribution in [2.24, 2.45) is 0 Å². The fourth-order valence-corrected chi connectivity index (χ4v) is 1.83. The summed E-state index contributed by atoms with van der Waals surface area (Å²) in [5.74, 6) is -0.231. The van der Waals surface area contributed by atoms with Gasteiger partial charge in [0.25, 0.3) is 0 Å². The normalized spacial score (nSPS) is 10.5. The van der Waals surface area contributed by atoms with E-state index in [1.807, 2.05) is 0 Å². The minimum atomic E-state index is -0.626. The Bertz CT molecular complexity index is 691. The van der Waals surface area contributed by atoms with Gasteiger partial charge in [0.2, 0.25) is 11.3 Å². The van der Waals surface area contributed by atoms with Crippen molar-refractivity contribution in [1.82, 2.24) is 9.97 Å². The van der Waals surface area contributed by atoms with Gasteiger partial charge in [0, 0.05) is 11.8 Å². The maximum absolute atomic E-state index is 12.3.